The Morgan fingerprint density at radius 3 is 2.70 bits per heavy atom. The van der Waals surface area contributed by atoms with Gasteiger partial charge in [0.2, 0.25) is 0 Å². The molecule has 60 valence electrons. The average molecular weight is 166 g/mol. The van der Waals surface area contributed by atoms with Crippen LogP contribution in [0.25, 0.3) is 0 Å². The molecule has 0 unspecified atom stereocenters. The molecular formula is C4H10N2O3S. The van der Waals surface area contributed by atoms with Crippen molar-refractivity contribution in [2.45, 2.75) is 0 Å². The van der Waals surface area contributed by atoms with Crippen molar-refractivity contribution in [3.63, 3.8) is 0 Å². The first kappa shape index (κ1) is 7.93. The Labute approximate surface area is 60.1 Å². The third-order valence-electron chi connectivity index (χ3n) is 1.32. The van der Waals surface area contributed by atoms with Crippen molar-refractivity contribution in [2.24, 2.45) is 0 Å². The normalized spacial score (nSPS) is 21.7. The van der Waals surface area contributed by atoms with E-state index in [4.69, 9.17) is 4.74 Å². The van der Waals surface area contributed by atoms with Gasteiger partial charge in [0, 0.05) is 13.6 Å². The van der Waals surface area contributed by atoms with Crippen LogP contribution in [-0.4, -0.2) is 39.7 Å². The molecule has 0 spiro atoms. The standard InChI is InChI=1S/C4H10N2O3S/c1-5-10(7,8)6-2-3-9-4-6/h5H,2-4H2,1H3. The van der Waals surface area contributed by atoms with Gasteiger partial charge in [-0.3, -0.25) is 0 Å². The lowest BCUT2D eigenvalue weighted by molar-refractivity contribution is 0.171. The van der Waals surface area contributed by atoms with Gasteiger partial charge in [-0.25, -0.2) is 4.72 Å². The molecule has 1 aliphatic heterocycles. The lowest BCUT2D eigenvalue weighted by Gasteiger charge is -2.11. The summed E-state index contributed by atoms with van der Waals surface area (Å²) in [6.07, 6.45) is 0. The molecule has 5 nitrogen and oxygen atoms in total. The minimum absolute atomic E-state index is 0.170. The van der Waals surface area contributed by atoms with Crippen LogP contribution in [0.1, 0.15) is 0 Å². The molecule has 10 heavy (non-hydrogen) atoms. The highest BCUT2D eigenvalue weighted by atomic mass is 32.2. The lowest BCUT2D eigenvalue weighted by atomic mass is 10.7. The summed E-state index contributed by atoms with van der Waals surface area (Å²) in [5.74, 6) is 0. The first-order valence-electron chi connectivity index (χ1n) is 2.93. The largest absolute Gasteiger partial charge is 0.364 e. The fourth-order valence-electron chi connectivity index (χ4n) is 0.716. The molecule has 1 rings (SSSR count). The maximum atomic E-state index is 10.9. The Morgan fingerprint density at radius 2 is 2.30 bits per heavy atom. The minimum Gasteiger partial charge on any atom is -0.364 e. The van der Waals surface area contributed by atoms with E-state index in [1.807, 2.05) is 0 Å². The van der Waals surface area contributed by atoms with Gasteiger partial charge in [-0.1, -0.05) is 0 Å². The van der Waals surface area contributed by atoms with E-state index in [0.717, 1.165) is 0 Å². The van der Waals surface area contributed by atoms with Gasteiger partial charge < -0.3 is 4.74 Å². The number of rotatable bonds is 2. The van der Waals surface area contributed by atoms with E-state index in [9.17, 15) is 8.42 Å². The van der Waals surface area contributed by atoms with Crippen LogP contribution in [0.2, 0.25) is 0 Å². The van der Waals surface area contributed by atoms with Crippen LogP contribution < -0.4 is 4.72 Å². The second kappa shape index (κ2) is 2.83. The summed E-state index contributed by atoms with van der Waals surface area (Å²) in [6, 6.07) is 0. The Bertz CT molecular complexity index is 195. The van der Waals surface area contributed by atoms with E-state index >= 15 is 0 Å². The molecule has 1 saturated heterocycles. The summed E-state index contributed by atoms with van der Waals surface area (Å²) in [7, 11) is -1.86. The number of hydrogen-bond donors (Lipinski definition) is 1. The van der Waals surface area contributed by atoms with Crippen LogP contribution in [0.3, 0.4) is 0 Å². The molecule has 0 aromatic carbocycles. The van der Waals surface area contributed by atoms with Gasteiger partial charge in [0.25, 0.3) is 10.2 Å². The van der Waals surface area contributed by atoms with E-state index < -0.39 is 10.2 Å². The summed E-state index contributed by atoms with van der Waals surface area (Å²) in [5.41, 5.74) is 0. The zero-order chi connectivity index (χ0) is 7.61. The molecule has 1 heterocycles. The molecule has 0 aliphatic carbocycles. The van der Waals surface area contributed by atoms with Crippen LogP contribution in [-0.2, 0) is 14.9 Å². The second-order valence-corrected chi connectivity index (χ2v) is 3.80. The molecule has 0 amide bonds. The predicted octanol–water partition coefficient (Wildman–Crippen LogP) is -1.26. The topological polar surface area (TPSA) is 58.6 Å². The van der Waals surface area contributed by atoms with Crippen molar-refractivity contribution in [3.8, 4) is 0 Å². The highest BCUT2D eigenvalue weighted by Gasteiger charge is 2.23. The molecule has 6 heteroatoms. The van der Waals surface area contributed by atoms with Gasteiger partial charge in [0.1, 0.15) is 6.73 Å². The van der Waals surface area contributed by atoms with E-state index in [2.05, 4.69) is 4.72 Å². The predicted molar refractivity (Wildman–Crippen MR) is 35.5 cm³/mol. The summed E-state index contributed by atoms with van der Waals surface area (Å²) in [6.45, 7) is 1.10. The molecule has 0 aromatic rings. The molecule has 1 N–H and O–H groups in total. The second-order valence-electron chi connectivity index (χ2n) is 1.92. The molecule has 0 radical (unpaired) electrons. The molecular weight excluding hydrogens is 156 g/mol. The van der Waals surface area contributed by atoms with E-state index in [0.29, 0.717) is 13.2 Å². The maximum absolute atomic E-state index is 10.9. The van der Waals surface area contributed by atoms with E-state index in [1.165, 1.54) is 11.4 Å². The van der Waals surface area contributed by atoms with Crippen molar-refractivity contribution in [3.05, 3.63) is 0 Å². The summed E-state index contributed by atoms with van der Waals surface area (Å²) >= 11 is 0. The van der Waals surface area contributed by atoms with Crippen LogP contribution in [0.4, 0.5) is 0 Å². The monoisotopic (exact) mass is 166 g/mol. The summed E-state index contributed by atoms with van der Waals surface area (Å²) in [5, 5.41) is 0. The Balaban J connectivity index is 2.63. The van der Waals surface area contributed by atoms with Crippen molar-refractivity contribution >= 4 is 10.2 Å². The Morgan fingerprint density at radius 1 is 1.60 bits per heavy atom. The zero-order valence-electron chi connectivity index (χ0n) is 5.70. The summed E-state index contributed by atoms with van der Waals surface area (Å²) in [4.78, 5) is 0. The SMILES string of the molecule is CNS(=O)(=O)N1CCOC1. The molecule has 1 fully saturated rings. The first-order chi connectivity index (χ1) is 4.67. The highest BCUT2D eigenvalue weighted by molar-refractivity contribution is 7.87. The number of ether oxygens (including phenoxy) is 1. The third-order valence-corrected chi connectivity index (χ3v) is 2.80. The molecule has 0 saturated carbocycles. The van der Waals surface area contributed by atoms with Crippen molar-refractivity contribution in [1.29, 1.82) is 0 Å². The zero-order valence-corrected chi connectivity index (χ0v) is 6.52. The van der Waals surface area contributed by atoms with Crippen molar-refractivity contribution in [2.75, 3.05) is 26.9 Å². The van der Waals surface area contributed by atoms with Gasteiger partial charge in [0.15, 0.2) is 0 Å². The van der Waals surface area contributed by atoms with Crippen LogP contribution >= 0.6 is 0 Å². The average Bonchev–Trinajstić information content (AvgIpc) is 2.38. The first-order valence-corrected chi connectivity index (χ1v) is 4.37. The molecule has 0 aromatic heterocycles. The molecule has 0 atom stereocenters. The number of hydrogen-bond acceptors (Lipinski definition) is 3. The quantitative estimate of drug-likeness (QED) is 0.557. The summed E-state index contributed by atoms with van der Waals surface area (Å²) < 4.78 is 30.2. The minimum atomic E-state index is -3.24. The maximum Gasteiger partial charge on any atom is 0.281 e. The van der Waals surface area contributed by atoms with Gasteiger partial charge in [-0.2, -0.15) is 12.7 Å². The Kier molecular flexibility index (Phi) is 2.24. The molecule has 1 aliphatic rings. The van der Waals surface area contributed by atoms with Crippen LogP contribution in [0.15, 0.2) is 0 Å². The lowest BCUT2D eigenvalue weighted by Crippen LogP contribution is -2.36. The Hall–Kier alpha value is -0.170. The van der Waals surface area contributed by atoms with Gasteiger partial charge in [-0.05, 0) is 0 Å². The van der Waals surface area contributed by atoms with Crippen molar-refractivity contribution < 1.29 is 13.2 Å². The van der Waals surface area contributed by atoms with Gasteiger partial charge in [0.05, 0.1) is 6.61 Å². The third kappa shape index (κ3) is 1.46. The fraction of sp³-hybridized carbons (Fsp3) is 1.00. The number of nitrogens with zero attached hydrogens (tertiary/aromatic N) is 1. The fourth-order valence-corrected chi connectivity index (χ4v) is 1.50. The highest BCUT2D eigenvalue weighted by Crippen LogP contribution is 2.02. The van der Waals surface area contributed by atoms with Gasteiger partial charge in [-0.15, -0.1) is 0 Å². The van der Waals surface area contributed by atoms with Crippen LogP contribution in [0.5, 0.6) is 0 Å². The van der Waals surface area contributed by atoms with Crippen LogP contribution in [0, 0.1) is 0 Å². The van der Waals surface area contributed by atoms with Crippen molar-refractivity contribution in [1.82, 2.24) is 9.03 Å². The van der Waals surface area contributed by atoms with Gasteiger partial charge >= 0.3 is 0 Å². The smallest absolute Gasteiger partial charge is 0.281 e. The molecule has 0 bridgehead atoms. The number of nitrogens with one attached hydrogen (secondary N) is 1. The van der Waals surface area contributed by atoms with E-state index in [-0.39, 0.29) is 6.73 Å². The van der Waals surface area contributed by atoms with E-state index in [1.54, 1.807) is 0 Å².